The molecule has 0 radical (unpaired) electrons. The number of anilines is 1. The lowest BCUT2D eigenvalue weighted by atomic mass is 10.2. The monoisotopic (exact) mass is 413 g/mol. The number of hydrogen-bond donors (Lipinski definition) is 3. The molecule has 0 saturated heterocycles. The summed E-state index contributed by atoms with van der Waals surface area (Å²) in [5, 5.41) is 25.2. The fraction of sp³-hybridized carbons (Fsp3) is 0.318. The molecule has 0 aliphatic heterocycles. The number of para-hydroxylation sites is 2. The van der Waals surface area contributed by atoms with Gasteiger partial charge in [-0.1, -0.05) is 55.3 Å². The van der Waals surface area contributed by atoms with Crippen LogP contribution in [-0.4, -0.2) is 33.3 Å². The highest BCUT2D eigenvalue weighted by Crippen LogP contribution is 2.18. The quantitative estimate of drug-likeness (QED) is 0.286. The van der Waals surface area contributed by atoms with Gasteiger partial charge in [-0.2, -0.15) is 0 Å². The normalized spacial score (nSPS) is 10.4. The molecule has 4 N–H and O–H groups in total. The Kier molecular flexibility index (Phi) is 8.83. The molecule has 0 aliphatic carbocycles. The van der Waals surface area contributed by atoms with Crippen LogP contribution >= 0.6 is 0 Å². The number of aliphatic hydroxyl groups excluding tert-OH is 1. The third-order valence-electron chi connectivity index (χ3n) is 4.66. The first-order chi connectivity index (χ1) is 14.5. The van der Waals surface area contributed by atoms with Crippen molar-refractivity contribution in [1.29, 1.82) is 0 Å². The van der Waals surface area contributed by atoms with E-state index in [9.17, 15) is 0 Å². The summed E-state index contributed by atoms with van der Waals surface area (Å²) in [6.07, 6.45) is 4.15. The topological polar surface area (TPSA) is 132 Å². The van der Waals surface area contributed by atoms with Gasteiger partial charge in [-0.15, -0.1) is 0 Å². The van der Waals surface area contributed by atoms with E-state index >= 15 is 0 Å². The Balaban J connectivity index is 0.000000469. The number of nitrogen functional groups attached to an aromatic ring is 1. The van der Waals surface area contributed by atoms with Crippen molar-refractivity contribution in [1.82, 2.24) is 4.57 Å². The minimum atomic E-state index is -2.07. The van der Waals surface area contributed by atoms with E-state index in [0.29, 0.717) is 0 Å². The number of imidazole rings is 1. The Bertz CT molecular complexity index is 958. The van der Waals surface area contributed by atoms with Crippen LogP contribution in [0.4, 0.5) is 5.95 Å². The number of nitrogens with two attached hydrogens (primary N) is 1. The van der Waals surface area contributed by atoms with E-state index in [1.165, 1.54) is 16.6 Å². The Morgan fingerprint density at radius 3 is 2.20 bits per heavy atom. The van der Waals surface area contributed by atoms with Gasteiger partial charge < -0.3 is 20.1 Å². The number of nitrogens with zero attached hydrogens (tertiary/aromatic N) is 2. The smallest absolute Gasteiger partial charge is 0.356 e. The molecule has 8 heteroatoms. The van der Waals surface area contributed by atoms with E-state index in [1.54, 1.807) is 0 Å². The first kappa shape index (κ1) is 22.9. The molecule has 0 spiro atoms. The van der Waals surface area contributed by atoms with Gasteiger partial charge in [-0.25, -0.2) is 13.9 Å². The van der Waals surface area contributed by atoms with Crippen LogP contribution in [0.25, 0.3) is 11.0 Å². The van der Waals surface area contributed by atoms with Gasteiger partial charge >= 0.3 is 11.9 Å². The number of aliphatic hydroxyl groups is 1. The highest BCUT2D eigenvalue weighted by Gasteiger charge is 2.20. The van der Waals surface area contributed by atoms with Crippen LogP contribution in [0.2, 0.25) is 0 Å². The SMILES string of the molecule is Nc1n(CCCCCCO)c2ccccc2[n+]1Cc1ccccc1.O=C([O-])C(=O)O. The number of carbonyl (C=O) groups is 2. The van der Waals surface area contributed by atoms with Gasteiger partial charge in [0.1, 0.15) is 11.0 Å². The summed E-state index contributed by atoms with van der Waals surface area (Å²) in [5.41, 5.74) is 10.1. The maximum absolute atomic E-state index is 9.04. The molecular formula is C22H27N3O5. The fourth-order valence-electron chi connectivity index (χ4n) is 3.22. The third kappa shape index (κ3) is 6.31. The van der Waals surface area contributed by atoms with E-state index in [2.05, 4.69) is 57.7 Å². The average Bonchev–Trinajstić information content (AvgIpc) is 3.00. The summed E-state index contributed by atoms with van der Waals surface area (Å²) >= 11 is 0. The maximum atomic E-state index is 9.04. The third-order valence-corrected chi connectivity index (χ3v) is 4.66. The standard InChI is InChI=1S/C20H25N3O.C2H2O4/c21-20-22(14-8-1-2-9-15-24)18-12-6-7-13-19(18)23(20)16-17-10-4-3-5-11-17;3-1(4)2(5)6/h3-7,10-13,21,24H,1-2,8-9,14-16H2;(H,3,4)(H,5,6). The molecule has 0 amide bonds. The molecule has 160 valence electrons. The summed E-state index contributed by atoms with van der Waals surface area (Å²) < 4.78 is 4.41. The highest BCUT2D eigenvalue weighted by molar-refractivity contribution is 6.26. The van der Waals surface area contributed by atoms with Crippen molar-refractivity contribution in [2.75, 3.05) is 12.3 Å². The predicted octanol–water partition coefficient (Wildman–Crippen LogP) is 0.933. The molecule has 0 atom stereocenters. The Hall–Kier alpha value is -3.39. The second-order valence-corrected chi connectivity index (χ2v) is 6.80. The van der Waals surface area contributed by atoms with Crippen molar-refractivity contribution in [3.8, 4) is 0 Å². The molecule has 1 aromatic heterocycles. The van der Waals surface area contributed by atoms with Crippen LogP contribution in [0.3, 0.4) is 0 Å². The largest absolute Gasteiger partial charge is 0.539 e. The lowest BCUT2D eigenvalue weighted by Gasteiger charge is -2.03. The molecule has 0 aliphatic rings. The van der Waals surface area contributed by atoms with Crippen molar-refractivity contribution in [2.45, 2.75) is 38.8 Å². The average molecular weight is 413 g/mol. The molecule has 1 heterocycles. The molecular weight excluding hydrogens is 386 g/mol. The molecule has 30 heavy (non-hydrogen) atoms. The number of aryl methyl sites for hydroxylation is 1. The van der Waals surface area contributed by atoms with Gasteiger partial charge in [0.05, 0.1) is 13.1 Å². The van der Waals surface area contributed by atoms with Gasteiger partial charge in [0.15, 0.2) is 5.97 Å². The number of unbranched alkanes of at least 4 members (excludes halogenated alkanes) is 3. The van der Waals surface area contributed by atoms with Crippen molar-refractivity contribution >= 4 is 28.9 Å². The second kappa shape index (κ2) is 11.6. The zero-order valence-electron chi connectivity index (χ0n) is 16.7. The second-order valence-electron chi connectivity index (χ2n) is 6.80. The van der Waals surface area contributed by atoms with Crippen LogP contribution in [0.1, 0.15) is 31.2 Å². The maximum Gasteiger partial charge on any atom is 0.356 e. The molecule has 0 saturated carbocycles. The van der Waals surface area contributed by atoms with E-state index in [0.717, 1.165) is 44.7 Å². The summed E-state index contributed by atoms with van der Waals surface area (Å²) in [5.74, 6) is -3.20. The first-order valence-electron chi connectivity index (χ1n) is 9.81. The van der Waals surface area contributed by atoms with Gasteiger partial charge in [-0.3, -0.25) is 5.73 Å². The zero-order valence-corrected chi connectivity index (χ0v) is 16.7. The van der Waals surface area contributed by atoms with Crippen LogP contribution in [0.5, 0.6) is 0 Å². The predicted molar refractivity (Wildman–Crippen MR) is 110 cm³/mol. The Morgan fingerprint density at radius 1 is 0.967 bits per heavy atom. The van der Waals surface area contributed by atoms with Crippen molar-refractivity contribution in [3.05, 3.63) is 60.2 Å². The van der Waals surface area contributed by atoms with Crippen LogP contribution in [0, 0.1) is 0 Å². The number of carboxylic acid groups (broad SMARTS) is 2. The summed E-state index contributed by atoms with van der Waals surface area (Å²) in [6, 6.07) is 18.8. The summed E-state index contributed by atoms with van der Waals surface area (Å²) in [7, 11) is 0. The number of benzene rings is 2. The molecule has 2 aromatic carbocycles. The minimum absolute atomic E-state index is 0.283. The number of carboxylic acids is 2. The Labute approximate surface area is 174 Å². The molecule has 0 fully saturated rings. The van der Waals surface area contributed by atoms with E-state index in [1.807, 2.05) is 6.07 Å². The van der Waals surface area contributed by atoms with E-state index in [4.69, 9.17) is 30.6 Å². The van der Waals surface area contributed by atoms with Crippen LogP contribution in [-0.2, 0) is 22.7 Å². The number of aliphatic carboxylic acids is 2. The first-order valence-corrected chi connectivity index (χ1v) is 9.81. The summed E-state index contributed by atoms with van der Waals surface area (Å²) in [4.78, 5) is 18.0. The highest BCUT2D eigenvalue weighted by atomic mass is 16.4. The molecule has 0 bridgehead atoms. The summed E-state index contributed by atoms with van der Waals surface area (Å²) in [6.45, 7) is 1.98. The van der Waals surface area contributed by atoms with Gasteiger partial charge in [-0.05, 0) is 30.5 Å². The number of hydrogen-bond acceptors (Lipinski definition) is 5. The number of aromatic nitrogens is 2. The van der Waals surface area contributed by atoms with E-state index < -0.39 is 11.9 Å². The number of rotatable bonds is 8. The molecule has 3 aromatic rings. The molecule has 0 unspecified atom stereocenters. The van der Waals surface area contributed by atoms with E-state index in [-0.39, 0.29) is 6.61 Å². The van der Waals surface area contributed by atoms with Crippen LogP contribution < -0.4 is 15.4 Å². The van der Waals surface area contributed by atoms with Crippen molar-refractivity contribution in [3.63, 3.8) is 0 Å². The number of carbonyl (C=O) groups excluding carboxylic acids is 1. The lowest BCUT2D eigenvalue weighted by Crippen LogP contribution is -2.37. The molecule has 3 rings (SSSR count). The van der Waals surface area contributed by atoms with Gasteiger partial charge in [0.25, 0.3) is 0 Å². The van der Waals surface area contributed by atoms with Crippen LogP contribution in [0.15, 0.2) is 54.6 Å². The van der Waals surface area contributed by atoms with Crippen molar-refractivity contribution < 1.29 is 29.5 Å². The fourth-order valence-corrected chi connectivity index (χ4v) is 3.22. The van der Waals surface area contributed by atoms with Gasteiger partial charge in [0, 0.05) is 6.61 Å². The molecule has 8 nitrogen and oxygen atoms in total. The zero-order chi connectivity index (χ0) is 21.9. The lowest BCUT2D eigenvalue weighted by molar-refractivity contribution is -0.648. The Morgan fingerprint density at radius 2 is 1.57 bits per heavy atom. The van der Waals surface area contributed by atoms with Crippen molar-refractivity contribution in [2.24, 2.45) is 0 Å². The minimum Gasteiger partial charge on any atom is -0.539 e. The number of fused-ring (bicyclic) bond motifs is 1. The van der Waals surface area contributed by atoms with Gasteiger partial charge in [0.2, 0.25) is 0 Å².